The number of carbonyl (C=O) groups is 2. The molecule has 11 heavy (non-hydrogen) atoms. The van der Waals surface area contributed by atoms with Crippen molar-refractivity contribution in [3.63, 3.8) is 0 Å². The molecule has 0 radical (unpaired) electrons. The summed E-state index contributed by atoms with van der Waals surface area (Å²) in [6, 6.07) is -0.234. The van der Waals surface area contributed by atoms with Crippen molar-refractivity contribution in [2.75, 3.05) is 6.54 Å². The van der Waals surface area contributed by atoms with Crippen LogP contribution >= 0.6 is 0 Å². The number of carbonyl (C=O) groups excluding carboxylic acids is 2. The van der Waals surface area contributed by atoms with Crippen molar-refractivity contribution in [2.45, 2.75) is 26.3 Å². The van der Waals surface area contributed by atoms with Crippen LogP contribution in [0.1, 0.15) is 20.3 Å². The molecular formula is C8H13NO2. The van der Waals surface area contributed by atoms with Crippen LogP contribution in [0.5, 0.6) is 0 Å². The van der Waals surface area contributed by atoms with Crippen LogP contribution in [0.15, 0.2) is 0 Å². The van der Waals surface area contributed by atoms with E-state index in [4.69, 9.17) is 0 Å². The Morgan fingerprint density at radius 1 is 1.64 bits per heavy atom. The molecular weight excluding hydrogens is 142 g/mol. The lowest BCUT2D eigenvalue weighted by Gasteiger charge is -2.13. The monoisotopic (exact) mass is 155 g/mol. The molecule has 0 amide bonds. The van der Waals surface area contributed by atoms with Crippen LogP contribution in [-0.2, 0) is 9.59 Å². The van der Waals surface area contributed by atoms with Gasteiger partial charge in [0.1, 0.15) is 0 Å². The molecule has 1 fully saturated rings. The third kappa shape index (κ3) is 1.87. The number of hydrogen-bond donors (Lipinski definition) is 1. The third-order valence-electron chi connectivity index (χ3n) is 2.04. The van der Waals surface area contributed by atoms with E-state index in [9.17, 15) is 9.59 Å². The molecule has 1 N–H and O–H groups in total. The highest BCUT2D eigenvalue weighted by molar-refractivity contribution is 6.27. The summed E-state index contributed by atoms with van der Waals surface area (Å²) in [6.45, 7) is 4.98. The lowest BCUT2D eigenvalue weighted by atomic mass is 9.90. The largest absolute Gasteiger partial charge is 0.307 e. The lowest BCUT2D eigenvalue weighted by molar-refractivity contribution is -0.131. The Balaban J connectivity index is 2.54. The van der Waals surface area contributed by atoms with Crippen molar-refractivity contribution in [1.82, 2.24) is 5.32 Å². The van der Waals surface area contributed by atoms with Gasteiger partial charge in [0, 0.05) is 6.54 Å². The molecule has 0 spiro atoms. The maximum atomic E-state index is 10.9. The van der Waals surface area contributed by atoms with Gasteiger partial charge in [-0.15, -0.1) is 0 Å². The number of rotatable bonds is 2. The first-order valence-electron chi connectivity index (χ1n) is 3.77. The van der Waals surface area contributed by atoms with E-state index in [-0.39, 0.29) is 17.2 Å². The van der Waals surface area contributed by atoms with Gasteiger partial charge in [0.05, 0.1) is 6.04 Å². The first-order chi connectivity index (χ1) is 5.05. The minimum absolute atomic E-state index is 0.156. The normalized spacial score (nSPS) is 28.4. The van der Waals surface area contributed by atoms with E-state index in [1.54, 1.807) is 0 Å². The van der Waals surface area contributed by atoms with Gasteiger partial charge in [0.15, 0.2) is 6.29 Å². The van der Waals surface area contributed by atoms with Gasteiger partial charge in [-0.2, -0.15) is 0 Å². The van der Waals surface area contributed by atoms with E-state index in [2.05, 4.69) is 19.2 Å². The summed E-state index contributed by atoms with van der Waals surface area (Å²) in [7, 11) is 0. The fraction of sp³-hybridized carbons (Fsp3) is 0.750. The van der Waals surface area contributed by atoms with Crippen molar-refractivity contribution < 1.29 is 9.59 Å². The molecule has 0 bridgehead atoms. The predicted molar refractivity (Wildman–Crippen MR) is 41.3 cm³/mol. The minimum Gasteiger partial charge on any atom is -0.307 e. The predicted octanol–water partition coefficient (Wildman–Crippen LogP) is 0.142. The second kappa shape index (κ2) is 2.74. The van der Waals surface area contributed by atoms with Gasteiger partial charge in [-0.3, -0.25) is 9.59 Å². The van der Waals surface area contributed by atoms with Gasteiger partial charge in [0.2, 0.25) is 5.78 Å². The van der Waals surface area contributed by atoms with E-state index in [1.165, 1.54) is 0 Å². The summed E-state index contributed by atoms with van der Waals surface area (Å²) in [5.41, 5.74) is 0.156. The van der Waals surface area contributed by atoms with Crippen molar-refractivity contribution >= 4 is 12.1 Å². The first-order valence-corrected chi connectivity index (χ1v) is 3.77. The maximum Gasteiger partial charge on any atom is 0.212 e. The zero-order chi connectivity index (χ0) is 8.48. The molecule has 3 nitrogen and oxygen atoms in total. The fourth-order valence-electron chi connectivity index (χ4n) is 1.38. The Morgan fingerprint density at radius 3 is 2.64 bits per heavy atom. The molecule has 0 aliphatic carbocycles. The standard InChI is InChI=1S/C8H13NO2/c1-8(2)3-6(9-5-8)7(11)4-10/h4,6,9H,3,5H2,1-2H3. The topological polar surface area (TPSA) is 46.2 Å². The molecule has 0 aromatic carbocycles. The van der Waals surface area contributed by atoms with Crippen LogP contribution in [-0.4, -0.2) is 24.7 Å². The van der Waals surface area contributed by atoms with Crippen LogP contribution in [0.4, 0.5) is 0 Å². The van der Waals surface area contributed by atoms with Crippen LogP contribution in [0, 0.1) is 5.41 Å². The summed E-state index contributed by atoms with van der Waals surface area (Å²) in [5, 5.41) is 3.02. The van der Waals surface area contributed by atoms with E-state index in [0.29, 0.717) is 6.29 Å². The van der Waals surface area contributed by atoms with Gasteiger partial charge >= 0.3 is 0 Å². The number of aldehydes is 1. The molecule has 1 aliphatic heterocycles. The number of ketones is 1. The number of hydrogen-bond acceptors (Lipinski definition) is 3. The molecule has 3 heteroatoms. The Labute approximate surface area is 66.2 Å². The minimum atomic E-state index is -0.324. The highest BCUT2D eigenvalue weighted by atomic mass is 16.2. The maximum absolute atomic E-state index is 10.9. The van der Waals surface area contributed by atoms with Crippen LogP contribution in [0.25, 0.3) is 0 Å². The molecule has 62 valence electrons. The van der Waals surface area contributed by atoms with E-state index < -0.39 is 0 Å². The second-order valence-electron chi connectivity index (χ2n) is 3.82. The second-order valence-corrected chi connectivity index (χ2v) is 3.82. The van der Waals surface area contributed by atoms with E-state index in [1.807, 2.05) is 0 Å². The fourth-order valence-corrected chi connectivity index (χ4v) is 1.38. The quantitative estimate of drug-likeness (QED) is 0.456. The molecule has 1 saturated heterocycles. The zero-order valence-corrected chi connectivity index (χ0v) is 6.89. The SMILES string of the molecule is CC1(C)CNC(C(=O)C=O)C1. The van der Waals surface area contributed by atoms with Crippen molar-refractivity contribution in [3.8, 4) is 0 Å². The summed E-state index contributed by atoms with van der Waals surface area (Å²) < 4.78 is 0. The molecule has 0 aromatic rings. The van der Waals surface area contributed by atoms with Crippen molar-refractivity contribution in [3.05, 3.63) is 0 Å². The summed E-state index contributed by atoms with van der Waals surface area (Å²) in [5.74, 6) is -0.324. The highest BCUT2D eigenvalue weighted by Gasteiger charge is 2.33. The van der Waals surface area contributed by atoms with Gasteiger partial charge in [-0.05, 0) is 11.8 Å². The molecule has 1 aliphatic rings. The summed E-state index contributed by atoms with van der Waals surface area (Å²) in [6.07, 6.45) is 1.17. The Hall–Kier alpha value is -0.700. The molecule has 0 aromatic heterocycles. The van der Waals surface area contributed by atoms with Crippen molar-refractivity contribution in [1.29, 1.82) is 0 Å². The highest BCUT2D eigenvalue weighted by Crippen LogP contribution is 2.26. The van der Waals surface area contributed by atoms with Crippen LogP contribution in [0.3, 0.4) is 0 Å². The lowest BCUT2D eigenvalue weighted by Crippen LogP contribution is -2.31. The smallest absolute Gasteiger partial charge is 0.212 e. The van der Waals surface area contributed by atoms with Gasteiger partial charge < -0.3 is 5.32 Å². The van der Waals surface area contributed by atoms with Crippen molar-refractivity contribution in [2.24, 2.45) is 5.41 Å². The molecule has 1 rings (SSSR count). The van der Waals surface area contributed by atoms with Gasteiger partial charge in [0.25, 0.3) is 0 Å². The number of nitrogens with one attached hydrogen (secondary N) is 1. The average Bonchev–Trinajstić information content (AvgIpc) is 2.29. The third-order valence-corrected chi connectivity index (χ3v) is 2.04. The zero-order valence-electron chi connectivity index (χ0n) is 6.89. The van der Waals surface area contributed by atoms with Gasteiger partial charge in [-0.1, -0.05) is 13.8 Å². The Bertz CT molecular complexity index is 187. The average molecular weight is 155 g/mol. The molecule has 1 atom stereocenters. The van der Waals surface area contributed by atoms with Crippen LogP contribution in [0.2, 0.25) is 0 Å². The van der Waals surface area contributed by atoms with Gasteiger partial charge in [-0.25, -0.2) is 0 Å². The first kappa shape index (κ1) is 8.40. The molecule has 0 saturated carbocycles. The van der Waals surface area contributed by atoms with E-state index in [0.717, 1.165) is 13.0 Å². The summed E-state index contributed by atoms with van der Waals surface area (Å²) >= 11 is 0. The Morgan fingerprint density at radius 2 is 2.27 bits per heavy atom. The van der Waals surface area contributed by atoms with Crippen LogP contribution < -0.4 is 5.32 Å². The van der Waals surface area contributed by atoms with E-state index >= 15 is 0 Å². The molecule has 1 heterocycles. The Kier molecular flexibility index (Phi) is 2.09. The summed E-state index contributed by atoms with van der Waals surface area (Å²) in [4.78, 5) is 21.0. The number of Topliss-reactive ketones (excluding diaryl/α,β-unsaturated/α-hetero) is 1. The molecule has 1 unspecified atom stereocenters.